The molecule has 0 saturated carbocycles. The molecule has 1 aliphatic rings. The highest BCUT2D eigenvalue weighted by molar-refractivity contribution is 6.28. The highest BCUT2D eigenvalue weighted by Gasteiger charge is 2.33. The molecule has 2 aromatic carbocycles. The molecule has 0 N–H and O–H groups in total. The Labute approximate surface area is 156 Å². The van der Waals surface area contributed by atoms with Crippen molar-refractivity contribution in [3.63, 3.8) is 0 Å². The molecule has 0 aliphatic carbocycles. The first-order chi connectivity index (χ1) is 13.2. The third-order valence-electron chi connectivity index (χ3n) is 4.18. The number of aromatic nitrogens is 3. The number of methoxy groups -OCH3 is 1. The summed E-state index contributed by atoms with van der Waals surface area (Å²) < 4.78 is 6.65. The lowest BCUT2D eigenvalue weighted by Crippen LogP contribution is -2.36. The summed E-state index contributed by atoms with van der Waals surface area (Å²) in [6.07, 6.45) is 4.67. The maximum atomic E-state index is 13.1. The van der Waals surface area contributed by atoms with E-state index in [9.17, 15) is 4.79 Å². The van der Waals surface area contributed by atoms with Gasteiger partial charge in [0.25, 0.3) is 5.91 Å². The largest absolute Gasteiger partial charge is 0.497 e. The lowest BCUT2D eigenvalue weighted by Gasteiger charge is -2.17. The second-order valence-corrected chi connectivity index (χ2v) is 6.03. The Hall–Kier alpha value is -3.74. The topological polar surface area (TPSA) is 72.6 Å². The Morgan fingerprint density at radius 1 is 1.04 bits per heavy atom. The van der Waals surface area contributed by atoms with E-state index in [1.165, 1.54) is 22.2 Å². The molecule has 0 unspecified atom stereocenters. The minimum atomic E-state index is -0.222. The lowest BCUT2D eigenvalue weighted by atomic mass is 10.1. The Morgan fingerprint density at radius 3 is 2.41 bits per heavy atom. The lowest BCUT2D eigenvalue weighted by molar-refractivity contribution is -0.113. The summed E-state index contributed by atoms with van der Waals surface area (Å²) in [4.78, 5) is 23.1. The normalized spacial score (nSPS) is 15.3. The fraction of sp³-hybridized carbons (Fsp3) is 0.100. The molecular formula is C20H17N5O2. The van der Waals surface area contributed by atoms with Crippen molar-refractivity contribution >= 4 is 23.6 Å². The Bertz CT molecular complexity index is 1020. The predicted octanol–water partition coefficient (Wildman–Crippen LogP) is 2.89. The third-order valence-corrected chi connectivity index (χ3v) is 4.18. The number of rotatable bonds is 3. The van der Waals surface area contributed by atoms with Crippen LogP contribution in [0.25, 0.3) is 6.08 Å². The van der Waals surface area contributed by atoms with Crippen LogP contribution in [0.5, 0.6) is 5.75 Å². The van der Waals surface area contributed by atoms with E-state index < -0.39 is 0 Å². The van der Waals surface area contributed by atoms with E-state index in [4.69, 9.17) is 4.74 Å². The molecule has 0 fully saturated rings. The zero-order chi connectivity index (χ0) is 18.8. The van der Waals surface area contributed by atoms with Crippen LogP contribution in [0.4, 0.5) is 5.69 Å². The molecule has 3 aromatic rings. The maximum Gasteiger partial charge on any atom is 0.283 e. The van der Waals surface area contributed by atoms with Gasteiger partial charge in [-0.3, -0.25) is 4.79 Å². The van der Waals surface area contributed by atoms with Crippen LogP contribution in [0.15, 0.2) is 71.9 Å². The van der Waals surface area contributed by atoms with Crippen LogP contribution in [-0.2, 0) is 4.79 Å². The standard InChI is InChI=1S/C20H17N5O2/c1-14-3-7-16(8-4-14)25-19(26)18(23-20(25)24-13-21-12-22-24)11-15-5-9-17(27-2)10-6-15/h3-13H,1-2H3/b18-11-. The number of hydrogen-bond acceptors (Lipinski definition) is 5. The minimum absolute atomic E-state index is 0.222. The van der Waals surface area contributed by atoms with Crippen molar-refractivity contribution in [2.75, 3.05) is 12.0 Å². The molecule has 7 nitrogen and oxygen atoms in total. The summed E-state index contributed by atoms with van der Waals surface area (Å²) in [5, 5.41) is 4.13. The number of hydrogen-bond donors (Lipinski definition) is 0. The molecule has 1 aliphatic heterocycles. The second kappa shape index (κ2) is 6.87. The van der Waals surface area contributed by atoms with Crippen molar-refractivity contribution in [3.05, 3.63) is 78.0 Å². The van der Waals surface area contributed by atoms with Gasteiger partial charge in [0.1, 0.15) is 24.1 Å². The van der Waals surface area contributed by atoms with Gasteiger partial charge in [-0.15, -0.1) is 0 Å². The molecule has 27 heavy (non-hydrogen) atoms. The van der Waals surface area contributed by atoms with Gasteiger partial charge < -0.3 is 4.74 Å². The van der Waals surface area contributed by atoms with Crippen LogP contribution >= 0.6 is 0 Å². The van der Waals surface area contributed by atoms with Crippen LogP contribution in [0.3, 0.4) is 0 Å². The summed E-state index contributed by atoms with van der Waals surface area (Å²) >= 11 is 0. The van der Waals surface area contributed by atoms with E-state index in [2.05, 4.69) is 15.1 Å². The van der Waals surface area contributed by atoms with E-state index in [0.717, 1.165) is 22.6 Å². The Balaban J connectivity index is 1.76. The molecule has 0 bridgehead atoms. The zero-order valence-electron chi connectivity index (χ0n) is 14.9. The third kappa shape index (κ3) is 3.22. The van der Waals surface area contributed by atoms with Crippen molar-refractivity contribution in [2.24, 2.45) is 4.99 Å². The number of anilines is 1. The molecular weight excluding hydrogens is 342 g/mol. The number of ether oxygens (including phenoxy) is 1. The van der Waals surface area contributed by atoms with Crippen LogP contribution in [0.1, 0.15) is 11.1 Å². The first-order valence-electron chi connectivity index (χ1n) is 8.36. The molecule has 4 rings (SSSR count). The van der Waals surface area contributed by atoms with Crippen molar-refractivity contribution in [3.8, 4) is 5.75 Å². The predicted molar refractivity (Wildman–Crippen MR) is 102 cm³/mol. The SMILES string of the molecule is COc1ccc(/C=C2\N=C(n3cncn3)N(c3ccc(C)cc3)C2=O)cc1. The molecule has 0 atom stereocenters. The molecule has 1 aromatic heterocycles. The quantitative estimate of drug-likeness (QED) is 0.674. The van der Waals surface area contributed by atoms with E-state index in [0.29, 0.717) is 11.7 Å². The summed E-state index contributed by atoms with van der Waals surface area (Å²) in [6.45, 7) is 2.00. The average molecular weight is 359 g/mol. The monoisotopic (exact) mass is 359 g/mol. The fourth-order valence-corrected chi connectivity index (χ4v) is 2.75. The molecule has 0 spiro atoms. The number of carbonyl (C=O) groups excluding carboxylic acids is 1. The number of benzene rings is 2. The molecule has 0 radical (unpaired) electrons. The van der Waals surface area contributed by atoms with Crippen LogP contribution in [-0.4, -0.2) is 33.7 Å². The smallest absolute Gasteiger partial charge is 0.283 e. The van der Waals surface area contributed by atoms with E-state index >= 15 is 0 Å². The van der Waals surface area contributed by atoms with Crippen LogP contribution < -0.4 is 9.64 Å². The maximum absolute atomic E-state index is 13.1. The van der Waals surface area contributed by atoms with Gasteiger partial charge in [0.15, 0.2) is 0 Å². The Morgan fingerprint density at radius 2 is 1.78 bits per heavy atom. The summed E-state index contributed by atoms with van der Waals surface area (Å²) in [5.74, 6) is 0.921. The average Bonchev–Trinajstić information content (AvgIpc) is 3.32. The minimum Gasteiger partial charge on any atom is -0.497 e. The number of nitrogens with zero attached hydrogens (tertiary/aromatic N) is 5. The summed E-state index contributed by atoms with van der Waals surface area (Å²) in [6, 6.07) is 15.1. The highest BCUT2D eigenvalue weighted by atomic mass is 16.5. The van der Waals surface area contributed by atoms with Gasteiger partial charge in [-0.05, 0) is 42.8 Å². The van der Waals surface area contributed by atoms with Crippen LogP contribution in [0, 0.1) is 6.92 Å². The van der Waals surface area contributed by atoms with Gasteiger partial charge >= 0.3 is 0 Å². The number of amides is 1. The summed E-state index contributed by atoms with van der Waals surface area (Å²) in [5.41, 5.74) is 3.01. The molecule has 7 heteroatoms. The number of carbonyl (C=O) groups is 1. The van der Waals surface area contributed by atoms with Gasteiger partial charge in [0.05, 0.1) is 12.8 Å². The zero-order valence-corrected chi connectivity index (χ0v) is 14.9. The van der Waals surface area contributed by atoms with Crippen molar-refractivity contribution in [2.45, 2.75) is 6.92 Å². The highest BCUT2D eigenvalue weighted by Crippen LogP contribution is 2.26. The molecule has 134 valence electrons. The van der Waals surface area contributed by atoms with Gasteiger partial charge in [-0.25, -0.2) is 14.9 Å². The fourth-order valence-electron chi connectivity index (χ4n) is 2.75. The van der Waals surface area contributed by atoms with Gasteiger partial charge in [0.2, 0.25) is 5.96 Å². The van der Waals surface area contributed by atoms with Gasteiger partial charge in [-0.2, -0.15) is 9.78 Å². The molecule has 2 heterocycles. The molecule has 1 amide bonds. The van der Waals surface area contributed by atoms with Crippen molar-refractivity contribution in [1.29, 1.82) is 0 Å². The van der Waals surface area contributed by atoms with E-state index in [1.54, 1.807) is 13.2 Å². The first-order valence-corrected chi connectivity index (χ1v) is 8.36. The first kappa shape index (κ1) is 16.7. The number of aliphatic imine (C=N–C) groups is 1. The number of aryl methyl sites for hydroxylation is 1. The summed E-state index contributed by atoms with van der Waals surface area (Å²) in [7, 11) is 1.61. The van der Waals surface area contributed by atoms with Gasteiger partial charge in [-0.1, -0.05) is 29.8 Å². The van der Waals surface area contributed by atoms with Crippen LogP contribution in [0.2, 0.25) is 0 Å². The van der Waals surface area contributed by atoms with E-state index in [-0.39, 0.29) is 5.91 Å². The van der Waals surface area contributed by atoms with Gasteiger partial charge in [0, 0.05) is 0 Å². The van der Waals surface area contributed by atoms with Crippen molar-refractivity contribution < 1.29 is 9.53 Å². The van der Waals surface area contributed by atoms with Crippen molar-refractivity contribution in [1.82, 2.24) is 14.8 Å². The molecule has 0 saturated heterocycles. The second-order valence-electron chi connectivity index (χ2n) is 6.03. The van der Waals surface area contributed by atoms with E-state index in [1.807, 2.05) is 55.5 Å². The Kier molecular flexibility index (Phi) is 4.25.